The highest BCUT2D eigenvalue weighted by Gasteiger charge is 2.33. The van der Waals surface area contributed by atoms with Crippen LogP contribution in [0.1, 0.15) is 42.6 Å². The fourth-order valence-corrected chi connectivity index (χ4v) is 2.24. The molecule has 0 saturated heterocycles. The van der Waals surface area contributed by atoms with Gasteiger partial charge in [-0.3, -0.25) is 9.79 Å². The Bertz CT molecular complexity index is 547. The van der Waals surface area contributed by atoms with Crippen LogP contribution in [-0.2, 0) is 6.54 Å². The molecule has 23 heavy (non-hydrogen) atoms. The Morgan fingerprint density at radius 1 is 1.35 bits per heavy atom. The summed E-state index contributed by atoms with van der Waals surface area (Å²) in [6, 6.07) is 8.23. The standard InChI is InChI=1S/C17H26N4O.HI/c1-4-8-19-16(22)14-7-5-6-13(10-14)11-20-17(18-3)21-15-9-12(15)2;/h5-7,10,12,15H,4,8-9,11H2,1-3H3,(H,19,22)(H2,18,20,21);1H. The molecule has 2 rings (SSSR count). The molecule has 0 bridgehead atoms. The molecule has 1 amide bonds. The van der Waals surface area contributed by atoms with Crippen molar-refractivity contribution in [3.05, 3.63) is 35.4 Å². The molecular weight excluding hydrogens is 403 g/mol. The van der Waals surface area contributed by atoms with Crippen molar-refractivity contribution < 1.29 is 4.79 Å². The Morgan fingerprint density at radius 2 is 2.09 bits per heavy atom. The van der Waals surface area contributed by atoms with Gasteiger partial charge in [0.25, 0.3) is 5.91 Å². The van der Waals surface area contributed by atoms with Crippen molar-refractivity contribution in [3.8, 4) is 0 Å². The molecule has 6 heteroatoms. The third-order valence-electron chi connectivity index (χ3n) is 3.84. The summed E-state index contributed by atoms with van der Waals surface area (Å²) in [4.78, 5) is 16.2. The zero-order chi connectivity index (χ0) is 15.9. The SMILES string of the molecule is CCCNC(=O)c1cccc(CNC(=NC)NC2CC2C)c1.I. The van der Waals surface area contributed by atoms with E-state index < -0.39 is 0 Å². The van der Waals surface area contributed by atoms with Gasteiger partial charge in [0, 0.05) is 31.7 Å². The number of hydrogen-bond acceptors (Lipinski definition) is 2. The second-order valence-electron chi connectivity index (χ2n) is 5.85. The average molecular weight is 430 g/mol. The predicted molar refractivity (Wildman–Crippen MR) is 105 cm³/mol. The number of carbonyl (C=O) groups is 1. The fraction of sp³-hybridized carbons (Fsp3) is 0.529. The van der Waals surface area contributed by atoms with E-state index in [1.807, 2.05) is 31.2 Å². The second kappa shape index (κ2) is 9.75. The number of carbonyl (C=O) groups excluding carboxylic acids is 1. The van der Waals surface area contributed by atoms with Crippen LogP contribution in [0.15, 0.2) is 29.3 Å². The first-order valence-corrected chi connectivity index (χ1v) is 7.98. The Labute approximate surface area is 155 Å². The van der Waals surface area contributed by atoms with Crippen LogP contribution in [0.4, 0.5) is 0 Å². The van der Waals surface area contributed by atoms with Gasteiger partial charge in [0.15, 0.2) is 5.96 Å². The lowest BCUT2D eigenvalue weighted by Crippen LogP contribution is -2.38. The van der Waals surface area contributed by atoms with E-state index >= 15 is 0 Å². The smallest absolute Gasteiger partial charge is 0.251 e. The summed E-state index contributed by atoms with van der Waals surface area (Å²) in [7, 11) is 1.77. The first kappa shape index (κ1) is 19.7. The van der Waals surface area contributed by atoms with Crippen LogP contribution >= 0.6 is 24.0 Å². The van der Waals surface area contributed by atoms with Gasteiger partial charge in [-0.1, -0.05) is 26.0 Å². The molecule has 2 unspecified atom stereocenters. The number of guanidine groups is 1. The van der Waals surface area contributed by atoms with Gasteiger partial charge in [-0.25, -0.2) is 0 Å². The number of benzene rings is 1. The third kappa shape index (κ3) is 6.37. The molecule has 0 aliphatic heterocycles. The highest BCUT2D eigenvalue weighted by Crippen LogP contribution is 2.28. The highest BCUT2D eigenvalue weighted by molar-refractivity contribution is 14.0. The van der Waals surface area contributed by atoms with E-state index in [-0.39, 0.29) is 29.9 Å². The zero-order valence-electron chi connectivity index (χ0n) is 14.1. The molecule has 1 aliphatic carbocycles. The second-order valence-corrected chi connectivity index (χ2v) is 5.85. The summed E-state index contributed by atoms with van der Waals surface area (Å²) in [6.07, 6.45) is 2.14. The highest BCUT2D eigenvalue weighted by atomic mass is 127. The van der Waals surface area contributed by atoms with Gasteiger partial charge < -0.3 is 16.0 Å². The van der Waals surface area contributed by atoms with Crippen LogP contribution in [-0.4, -0.2) is 31.5 Å². The monoisotopic (exact) mass is 430 g/mol. The molecule has 0 radical (unpaired) electrons. The maximum Gasteiger partial charge on any atom is 0.251 e. The topological polar surface area (TPSA) is 65.5 Å². The minimum Gasteiger partial charge on any atom is -0.353 e. The van der Waals surface area contributed by atoms with Crippen molar-refractivity contribution in [2.75, 3.05) is 13.6 Å². The van der Waals surface area contributed by atoms with E-state index in [0.717, 1.165) is 23.9 Å². The number of rotatable bonds is 6. The number of hydrogen-bond donors (Lipinski definition) is 3. The van der Waals surface area contributed by atoms with Crippen molar-refractivity contribution in [3.63, 3.8) is 0 Å². The lowest BCUT2D eigenvalue weighted by molar-refractivity contribution is 0.0953. The minimum absolute atomic E-state index is 0. The van der Waals surface area contributed by atoms with Crippen LogP contribution < -0.4 is 16.0 Å². The lowest BCUT2D eigenvalue weighted by atomic mass is 10.1. The van der Waals surface area contributed by atoms with Gasteiger partial charge in [0.2, 0.25) is 0 Å². The fourth-order valence-electron chi connectivity index (χ4n) is 2.24. The van der Waals surface area contributed by atoms with Gasteiger partial charge in [0.05, 0.1) is 0 Å². The summed E-state index contributed by atoms with van der Waals surface area (Å²) in [6.45, 7) is 5.62. The quantitative estimate of drug-likeness (QED) is 0.369. The first-order valence-electron chi connectivity index (χ1n) is 7.98. The molecule has 1 fully saturated rings. The Hall–Kier alpha value is -1.31. The van der Waals surface area contributed by atoms with Crippen LogP contribution in [0.2, 0.25) is 0 Å². The van der Waals surface area contributed by atoms with Gasteiger partial charge >= 0.3 is 0 Å². The average Bonchev–Trinajstić information content (AvgIpc) is 3.24. The van der Waals surface area contributed by atoms with E-state index in [9.17, 15) is 4.79 Å². The summed E-state index contributed by atoms with van der Waals surface area (Å²) >= 11 is 0. The minimum atomic E-state index is -0.0157. The maximum absolute atomic E-state index is 12.0. The van der Waals surface area contributed by atoms with Crippen LogP contribution in [0, 0.1) is 5.92 Å². The molecular formula is C17H27IN4O. The largest absolute Gasteiger partial charge is 0.353 e. The maximum atomic E-state index is 12.0. The van der Waals surface area contributed by atoms with E-state index in [1.54, 1.807) is 7.05 Å². The van der Waals surface area contributed by atoms with Gasteiger partial charge in [-0.2, -0.15) is 0 Å². The number of nitrogens with zero attached hydrogens (tertiary/aromatic N) is 1. The van der Waals surface area contributed by atoms with Crippen molar-refractivity contribution in [1.82, 2.24) is 16.0 Å². The Kier molecular flexibility index (Phi) is 8.36. The van der Waals surface area contributed by atoms with Gasteiger partial charge in [-0.15, -0.1) is 24.0 Å². The molecule has 128 valence electrons. The number of halogens is 1. The molecule has 0 aromatic heterocycles. The molecule has 1 aromatic rings. The van der Waals surface area contributed by atoms with E-state index in [2.05, 4.69) is 27.9 Å². The molecule has 0 heterocycles. The van der Waals surface area contributed by atoms with Crippen LogP contribution in [0.3, 0.4) is 0 Å². The zero-order valence-corrected chi connectivity index (χ0v) is 16.4. The van der Waals surface area contributed by atoms with Gasteiger partial charge in [0.1, 0.15) is 0 Å². The third-order valence-corrected chi connectivity index (χ3v) is 3.84. The summed E-state index contributed by atoms with van der Waals surface area (Å²) in [5.74, 6) is 1.53. The number of amides is 1. The summed E-state index contributed by atoms with van der Waals surface area (Å²) in [5, 5.41) is 9.58. The molecule has 1 aromatic carbocycles. The van der Waals surface area contributed by atoms with E-state index in [1.165, 1.54) is 6.42 Å². The van der Waals surface area contributed by atoms with Crippen LogP contribution in [0.5, 0.6) is 0 Å². The molecule has 2 atom stereocenters. The van der Waals surface area contributed by atoms with E-state index in [4.69, 9.17) is 0 Å². The molecule has 1 saturated carbocycles. The molecule has 1 aliphatic rings. The van der Waals surface area contributed by atoms with E-state index in [0.29, 0.717) is 24.7 Å². The number of nitrogens with one attached hydrogen (secondary N) is 3. The summed E-state index contributed by atoms with van der Waals surface area (Å²) < 4.78 is 0. The lowest BCUT2D eigenvalue weighted by Gasteiger charge is -2.12. The predicted octanol–water partition coefficient (Wildman–Crippen LogP) is 2.52. The normalized spacial score (nSPS) is 19.5. The van der Waals surface area contributed by atoms with Gasteiger partial charge in [-0.05, 0) is 36.5 Å². The summed E-state index contributed by atoms with van der Waals surface area (Å²) in [5.41, 5.74) is 1.77. The molecule has 0 spiro atoms. The Morgan fingerprint density at radius 3 is 2.70 bits per heavy atom. The van der Waals surface area contributed by atoms with Crippen molar-refractivity contribution >= 4 is 35.8 Å². The van der Waals surface area contributed by atoms with Crippen LogP contribution in [0.25, 0.3) is 0 Å². The van der Waals surface area contributed by atoms with Crippen molar-refractivity contribution in [2.45, 2.75) is 39.3 Å². The first-order chi connectivity index (χ1) is 10.6. The number of aliphatic imine (C=N–C) groups is 1. The molecule has 5 nitrogen and oxygen atoms in total. The molecule has 3 N–H and O–H groups in total. The van der Waals surface area contributed by atoms with Crippen molar-refractivity contribution in [2.24, 2.45) is 10.9 Å². The Balaban J connectivity index is 0.00000264. The van der Waals surface area contributed by atoms with Crippen molar-refractivity contribution in [1.29, 1.82) is 0 Å².